The first-order chi connectivity index (χ1) is 16.4. The van der Waals surface area contributed by atoms with Crippen LogP contribution in [0.2, 0.25) is 0 Å². The van der Waals surface area contributed by atoms with E-state index in [1.807, 2.05) is 25.3 Å². The lowest BCUT2D eigenvalue weighted by atomic mass is 10.1. The van der Waals surface area contributed by atoms with Crippen LogP contribution in [-0.4, -0.2) is 42.2 Å². The minimum atomic E-state index is -0.584. The maximum Gasteiger partial charge on any atom is 0.331 e. The zero-order valence-corrected chi connectivity index (χ0v) is 20.1. The van der Waals surface area contributed by atoms with E-state index in [1.54, 1.807) is 47.6 Å². The fourth-order valence-electron chi connectivity index (χ4n) is 3.66. The average Bonchev–Trinajstić information content (AvgIpc) is 3.45. The largest absolute Gasteiger partial charge is 0.493 e. The van der Waals surface area contributed by atoms with Crippen molar-refractivity contribution in [3.05, 3.63) is 68.7 Å². The molecule has 9 heteroatoms. The highest BCUT2D eigenvalue weighted by Gasteiger charge is 2.22. The lowest BCUT2D eigenvalue weighted by molar-refractivity contribution is -0.148. The fourth-order valence-corrected chi connectivity index (χ4v) is 4.55. The van der Waals surface area contributed by atoms with Crippen molar-refractivity contribution in [2.45, 2.75) is 33.4 Å². The van der Waals surface area contributed by atoms with E-state index in [4.69, 9.17) is 18.7 Å². The molecule has 0 unspecified atom stereocenters. The number of fused-ring (bicyclic) bond motifs is 1. The molecule has 3 heterocycles. The van der Waals surface area contributed by atoms with E-state index in [-0.39, 0.29) is 12.5 Å². The molecule has 0 bridgehead atoms. The molecule has 1 aliphatic rings. The number of hydrogen-bond acceptors (Lipinski definition) is 8. The van der Waals surface area contributed by atoms with E-state index < -0.39 is 5.97 Å². The van der Waals surface area contributed by atoms with Crippen LogP contribution >= 0.6 is 11.3 Å². The molecule has 1 amide bonds. The summed E-state index contributed by atoms with van der Waals surface area (Å²) in [5.41, 5.74) is 3.57. The number of methoxy groups -OCH3 is 1. The summed E-state index contributed by atoms with van der Waals surface area (Å²) in [7, 11) is 1.55. The van der Waals surface area contributed by atoms with Crippen molar-refractivity contribution in [3.63, 3.8) is 0 Å². The Kier molecular flexibility index (Phi) is 7.32. The first-order valence-corrected chi connectivity index (χ1v) is 11.7. The van der Waals surface area contributed by atoms with Gasteiger partial charge in [0.15, 0.2) is 18.1 Å². The summed E-state index contributed by atoms with van der Waals surface area (Å²) in [5.74, 6) is 1.02. The van der Waals surface area contributed by atoms with Gasteiger partial charge in [-0.1, -0.05) is 11.2 Å². The number of hydrogen-bond donors (Lipinski definition) is 0. The minimum Gasteiger partial charge on any atom is -0.493 e. The Morgan fingerprint density at radius 1 is 1.24 bits per heavy atom. The van der Waals surface area contributed by atoms with Crippen molar-refractivity contribution in [2.75, 3.05) is 20.3 Å². The normalized spacial score (nSPS) is 13.1. The Morgan fingerprint density at radius 3 is 2.85 bits per heavy atom. The molecule has 3 aromatic rings. The summed E-state index contributed by atoms with van der Waals surface area (Å²) in [4.78, 5) is 27.6. The van der Waals surface area contributed by atoms with Gasteiger partial charge in [-0.05, 0) is 61.1 Å². The van der Waals surface area contributed by atoms with E-state index in [1.165, 1.54) is 16.5 Å². The van der Waals surface area contributed by atoms with Gasteiger partial charge >= 0.3 is 5.97 Å². The lowest BCUT2D eigenvalue weighted by Crippen LogP contribution is -2.38. The highest BCUT2D eigenvalue weighted by atomic mass is 32.1. The van der Waals surface area contributed by atoms with Crippen LogP contribution in [0.15, 0.2) is 40.2 Å². The highest BCUT2D eigenvalue weighted by Crippen LogP contribution is 2.30. The molecule has 8 nitrogen and oxygen atoms in total. The van der Waals surface area contributed by atoms with Crippen molar-refractivity contribution in [1.82, 2.24) is 10.1 Å². The summed E-state index contributed by atoms with van der Waals surface area (Å²) in [6.07, 6.45) is 3.73. The van der Waals surface area contributed by atoms with Gasteiger partial charge in [0.2, 0.25) is 0 Å². The second-order valence-electron chi connectivity index (χ2n) is 7.88. The van der Waals surface area contributed by atoms with Gasteiger partial charge in [-0.2, -0.15) is 0 Å². The van der Waals surface area contributed by atoms with Gasteiger partial charge in [0.1, 0.15) is 12.4 Å². The predicted octanol–water partition coefficient (Wildman–Crippen LogP) is 4.08. The molecule has 0 spiro atoms. The topological polar surface area (TPSA) is 91.1 Å². The molecule has 0 radical (unpaired) electrons. The van der Waals surface area contributed by atoms with Crippen LogP contribution in [0.1, 0.15) is 33.0 Å². The third kappa shape index (κ3) is 5.48. The van der Waals surface area contributed by atoms with Crippen LogP contribution in [0, 0.1) is 13.8 Å². The molecule has 1 aliphatic heterocycles. The zero-order chi connectivity index (χ0) is 24.1. The number of ether oxygens (including phenoxy) is 3. The standard InChI is InChI=1S/C25H26N2O6S/c1-16-20(17(2)33-26-16)14-31-21-6-4-18(12-22(21)30-3)5-7-25(29)32-15-24(28)27-10-8-23-19(13-27)9-11-34-23/h4-7,9,11-12H,8,10,13-15H2,1-3H3/b7-5+. The van der Waals surface area contributed by atoms with Crippen molar-refractivity contribution in [3.8, 4) is 11.5 Å². The summed E-state index contributed by atoms with van der Waals surface area (Å²) >= 11 is 1.71. The van der Waals surface area contributed by atoms with Gasteiger partial charge in [-0.3, -0.25) is 4.79 Å². The molecule has 4 rings (SSSR count). The number of carbonyl (C=O) groups excluding carboxylic acids is 2. The van der Waals surface area contributed by atoms with Crippen LogP contribution in [0.4, 0.5) is 0 Å². The van der Waals surface area contributed by atoms with E-state index in [0.717, 1.165) is 23.2 Å². The summed E-state index contributed by atoms with van der Waals surface area (Å²) in [6.45, 7) is 4.93. The van der Waals surface area contributed by atoms with Gasteiger partial charge in [0.25, 0.3) is 5.91 Å². The quantitative estimate of drug-likeness (QED) is 0.353. The van der Waals surface area contributed by atoms with Crippen molar-refractivity contribution >= 4 is 29.3 Å². The SMILES string of the molecule is COc1cc(/C=C/C(=O)OCC(=O)N2CCc3sccc3C2)ccc1OCc1c(C)noc1C. The molecule has 0 saturated carbocycles. The molecule has 0 saturated heterocycles. The number of benzene rings is 1. The van der Waals surface area contributed by atoms with Crippen LogP contribution < -0.4 is 9.47 Å². The van der Waals surface area contributed by atoms with Gasteiger partial charge in [-0.15, -0.1) is 11.3 Å². The van der Waals surface area contributed by atoms with Gasteiger partial charge in [0.05, 0.1) is 18.4 Å². The van der Waals surface area contributed by atoms with Gasteiger partial charge in [-0.25, -0.2) is 4.79 Å². The van der Waals surface area contributed by atoms with Crippen LogP contribution in [-0.2, 0) is 33.9 Å². The minimum absolute atomic E-state index is 0.194. The lowest BCUT2D eigenvalue weighted by Gasteiger charge is -2.26. The molecule has 0 aliphatic carbocycles. The second kappa shape index (κ2) is 10.6. The number of aromatic nitrogens is 1. The predicted molar refractivity (Wildman–Crippen MR) is 127 cm³/mol. The molecule has 2 aromatic heterocycles. The zero-order valence-electron chi connectivity index (χ0n) is 19.3. The maximum absolute atomic E-state index is 12.4. The number of rotatable bonds is 8. The molecule has 34 heavy (non-hydrogen) atoms. The molecule has 178 valence electrons. The smallest absolute Gasteiger partial charge is 0.331 e. The number of carbonyl (C=O) groups is 2. The van der Waals surface area contributed by atoms with Crippen molar-refractivity contribution < 1.29 is 28.3 Å². The van der Waals surface area contributed by atoms with E-state index in [0.29, 0.717) is 37.0 Å². The highest BCUT2D eigenvalue weighted by molar-refractivity contribution is 7.10. The molecule has 0 fully saturated rings. The number of nitrogens with zero attached hydrogens (tertiary/aromatic N) is 2. The Hall–Kier alpha value is -3.59. The third-order valence-corrected chi connectivity index (χ3v) is 6.67. The van der Waals surface area contributed by atoms with E-state index in [2.05, 4.69) is 5.16 Å². The van der Waals surface area contributed by atoms with Gasteiger partial charge in [0, 0.05) is 24.0 Å². The van der Waals surface area contributed by atoms with Crippen LogP contribution in [0.25, 0.3) is 6.08 Å². The Balaban J connectivity index is 1.29. The van der Waals surface area contributed by atoms with E-state index in [9.17, 15) is 9.59 Å². The van der Waals surface area contributed by atoms with Crippen molar-refractivity contribution in [2.24, 2.45) is 0 Å². The first kappa shape index (κ1) is 23.6. The first-order valence-electron chi connectivity index (χ1n) is 10.8. The van der Waals surface area contributed by atoms with Gasteiger partial charge < -0.3 is 23.6 Å². The number of esters is 1. The Labute approximate surface area is 201 Å². The molecule has 1 aromatic carbocycles. The average molecular weight is 483 g/mol. The Bertz CT molecular complexity index is 1190. The third-order valence-electron chi connectivity index (χ3n) is 5.65. The summed E-state index contributed by atoms with van der Waals surface area (Å²) in [6, 6.07) is 7.35. The molecular formula is C25H26N2O6S. The molecule has 0 atom stereocenters. The fraction of sp³-hybridized carbons (Fsp3) is 0.320. The molecular weight excluding hydrogens is 456 g/mol. The van der Waals surface area contributed by atoms with Crippen molar-refractivity contribution in [1.29, 1.82) is 0 Å². The molecule has 0 N–H and O–H groups in total. The van der Waals surface area contributed by atoms with E-state index >= 15 is 0 Å². The number of thiophene rings is 1. The monoisotopic (exact) mass is 482 g/mol. The van der Waals surface area contributed by atoms with Crippen LogP contribution in [0.3, 0.4) is 0 Å². The summed E-state index contributed by atoms with van der Waals surface area (Å²) < 4.78 is 21.6. The second-order valence-corrected chi connectivity index (χ2v) is 8.88. The van der Waals surface area contributed by atoms with Crippen LogP contribution in [0.5, 0.6) is 11.5 Å². The summed E-state index contributed by atoms with van der Waals surface area (Å²) in [5, 5.41) is 5.96. The number of aryl methyl sites for hydroxylation is 2. The Morgan fingerprint density at radius 2 is 2.09 bits per heavy atom. The number of amides is 1. The maximum atomic E-state index is 12.4.